The molecule has 0 aliphatic carbocycles. The maximum absolute atomic E-state index is 11.9. The normalized spacial score (nSPS) is 17.8. The van der Waals surface area contributed by atoms with Gasteiger partial charge in [-0.3, -0.25) is 9.79 Å². The summed E-state index contributed by atoms with van der Waals surface area (Å²) >= 11 is 6.17. The van der Waals surface area contributed by atoms with Crippen LogP contribution in [0.15, 0.2) is 53.5 Å². The molecule has 3 N–H and O–H groups in total. The maximum atomic E-state index is 11.9. The molecule has 5 heteroatoms. The third kappa shape index (κ3) is 2.19. The molecule has 0 radical (unpaired) electrons. The van der Waals surface area contributed by atoms with Crippen molar-refractivity contribution >= 4 is 28.9 Å². The number of carbonyl (C=O) groups excluding carboxylic acids is 1. The predicted octanol–water partition coefficient (Wildman–Crippen LogP) is 2.41. The Labute approximate surface area is 121 Å². The van der Waals surface area contributed by atoms with Crippen LogP contribution in [0.3, 0.4) is 0 Å². The molecule has 20 heavy (non-hydrogen) atoms. The van der Waals surface area contributed by atoms with Gasteiger partial charge in [0.25, 0.3) is 5.91 Å². The fourth-order valence-electron chi connectivity index (χ4n) is 2.14. The highest BCUT2D eigenvalue weighted by Crippen LogP contribution is 2.30. The maximum Gasteiger partial charge on any atom is 0.263 e. The van der Waals surface area contributed by atoms with Crippen LogP contribution in [0.1, 0.15) is 11.1 Å². The number of amides is 1. The van der Waals surface area contributed by atoms with E-state index in [1.54, 1.807) is 6.07 Å². The Hall–Kier alpha value is -2.17. The molecule has 100 valence electrons. The molecule has 0 spiro atoms. The fourth-order valence-corrected chi connectivity index (χ4v) is 2.36. The third-order valence-electron chi connectivity index (χ3n) is 3.10. The molecule has 1 unspecified atom stereocenters. The summed E-state index contributed by atoms with van der Waals surface area (Å²) in [7, 11) is 0. The van der Waals surface area contributed by atoms with Gasteiger partial charge in [-0.25, -0.2) is 0 Å². The molecule has 1 atom stereocenters. The summed E-state index contributed by atoms with van der Waals surface area (Å²) in [5.74, 6) is -0.370. The molecule has 1 aliphatic rings. The molecular weight excluding hydrogens is 274 g/mol. The molecule has 1 amide bonds. The molecule has 4 nitrogen and oxygen atoms in total. The summed E-state index contributed by atoms with van der Waals surface area (Å²) in [4.78, 5) is 16.2. The van der Waals surface area contributed by atoms with Crippen LogP contribution >= 0.6 is 11.6 Å². The van der Waals surface area contributed by atoms with E-state index >= 15 is 0 Å². The van der Waals surface area contributed by atoms with E-state index in [4.69, 9.17) is 17.3 Å². The van der Waals surface area contributed by atoms with Crippen LogP contribution in [0.25, 0.3) is 0 Å². The SMILES string of the molecule is NC1N=C(c2ccccc2)c2cccc(Cl)c2NC1=O. The number of hydrogen-bond acceptors (Lipinski definition) is 3. The Kier molecular flexibility index (Phi) is 3.26. The summed E-state index contributed by atoms with van der Waals surface area (Å²) in [6.07, 6.45) is -0.950. The fraction of sp³-hybridized carbons (Fsp3) is 0.0667. The molecule has 0 fully saturated rings. The van der Waals surface area contributed by atoms with Gasteiger partial charge in [0.05, 0.1) is 16.4 Å². The van der Waals surface area contributed by atoms with Gasteiger partial charge in [-0.2, -0.15) is 0 Å². The molecule has 2 aromatic rings. The van der Waals surface area contributed by atoms with Crippen molar-refractivity contribution in [3.8, 4) is 0 Å². The largest absolute Gasteiger partial charge is 0.321 e. The lowest BCUT2D eigenvalue weighted by Gasteiger charge is -2.11. The van der Waals surface area contributed by atoms with Crippen molar-refractivity contribution in [1.82, 2.24) is 0 Å². The van der Waals surface area contributed by atoms with E-state index in [2.05, 4.69) is 10.3 Å². The number of nitrogens with zero attached hydrogens (tertiary/aromatic N) is 1. The number of benzene rings is 2. The van der Waals surface area contributed by atoms with Crippen molar-refractivity contribution in [2.24, 2.45) is 10.7 Å². The number of benzodiazepines with no additional fused rings is 1. The molecule has 0 saturated carbocycles. The number of halogens is 1. The minimum atomic E-state index is -0.950. The van der Waals surface area contributed by atoms with E-state index in [-0.39, 0.29) is 5.91 Å². The second kappa shape index (κ2) is 5.07. The Morgan fingerprint density at radius 1 is 1.10 bits per heavy atom. The van der Waals surface area contributed by atoms with E-state index < -0.39 is 6.17 Å². The summed E-state index contributed by atoms with van der Waals surface area (Å²) in [6.45, 7) is 0. The predicted molar refractivity (Wildman–Crippen MR) is 80.1 cm³/mol. The van der Waals surface area contributed by atoms with E-state index in [0.717, 1.165) is 11.1 Å². The molecule has 2 aromatic carbocycles. The summed E-state index contributed by atoms with van der Waals surface area (Å²) in [5, 5.41) is 3.20. The highest BCUT2D eigenvalue weighted by Gasteiger charge is 2.24. The lowest BCUT2D eigenvalue weighted by atomic mass is 10.0. The van der Waals surface area contributed by atoms with Gasteiger partial charge < -0.3 is 11.1 Å². The number of hydrogen-bond donors (Lipinski definition) is 2. The van der Waals surface area contributed by atoms with Crippen LogP contribution in [0.2, 0.25) is 5.02 Å². The van der Waals surface area contributed by atoms with Crippen molar-refractivity contribution < 1.29 is 4.79 Å². The van der Waals surface area contributed by atoms with Crippen molar-refractivity contribution in [2.75, 3.05) is 5.32 Å². The lowest BCUT2D eigenvalue weighted by Crippen LogP contribution is -2.33. The first-order valence-corrected chi connectivity index (χ1v) is 6.53. The Balaban J connectivity index is 2.25. The summed E-state index contributed by atoms with van der Waals surface area (Å²) in [6, 6.07) is 15.0. The second-order valence-corrected chi connectivity index (χ2v) is 4.85. The minimum absolute atomic E-state index is 0.370. The zero-order valence-corrected chi connectivity index (χ0v) is 11.3. The second-order valence-electron chi connectivity index (χ2n) is 4.44. The number of aliphatic imine (C=N–C) groups is 1. The molecular formula is C15H12ClN3O. The van der Waals surface area contributed by atoms with Crippen LogP contribution in [0.4, 0.5) is 5.69 Å². The number of para-hydroxylation sites is 1. The zero-order valence-electron chi connectivity index (χ0n) is 10.5. The standard InChI is InChI=1S/C15H12ClN3O/c16-11-8-4-7-10-12(9-5-2-1-3-6-9)18-14(17)15(20)19-13(10)11/h1-8,14H,17H2,(H,19,20). The van der Waals surface area contributed by atoms with E-state index in [9.17, 15) is 4.79 Å². The monoisotopic (exact) mass is 285 g/mol. The molecule has 1 heterocycles. The van der Waals surface area contributed by atoms with Gasteiger partial charge in [0.15, 0.2) is 6.17 Å². The van der Waals surface area contributed by atoms with E-state index in [1.165, 1.54) is 0 Å². The highest BCUT2D eigenvalue weighted by atomic mass is 35.5. The molecule has 3 rings (SSSR count). The first-order valence-electron chi connectivity index (χ1n) is 6.15. The Morgan fingerprint density at radius 2 is 1.85 bits per heavy atom. The van der Waals surface area contributed by atoms with Gasteiger partial charge in [0.1, 0.15) is 0 Å². The van der Waals surface area contributed by atoms with Crippen molar-refractivity contribution in [3.05, 3.63) is 64.7 Å². The molecule has 0 saturated heterocycles. The molecule has 0 bridgehead atoms. The topological polar surface area (TPSA) is 67.5 Å². The quantitative estimate of drug-likeness (QED) is 0.845. The average Bonchev–Trinajstić information content (AvgIpc) is 2.59. The number of nitrogens with one attached hydrogen (secondary N) is 1. The highest BCUT2D eigenvalue weighted by molar-refractivity contribution is 6.35. The third-order valence-corrected chi connectivity index (χ3v) is 3.42. The number of fused-ring (bicyclic) bond motifs is 1. The number of carbonyl (C=O) groups is 1. The summed E-state index contributed by atoms with van der Waals surface area (Å²) in [5.41, 5.74) is 8.66. The van der Waals surface area contributed by atoms with Gasteiger partial charge >= 0.3 is 0 Å². The van der Waals surface area contributed by atoms with E-state index in [1.807, 2.05) is 42.5 Å². The van der Waals surface area contributed by atoms with Crippen LogP contribution in [0, 0.1) is 0 Å². The molecule has 1 aliphatic heterocycles. The van der Waals surface area contributed by atoms with Crippen LogP contribution in [-0.2, 0) is 4.79 Å². The summed E-state index contributed by atoms with van der Waals surface area (Å²) < 4.78 is 0. The lowest BCUT2D eigenvalue weighted by molar-refractivity contribution is -0.117. The van der Waals surface area contributed by atoms with Crippen molar-refractivity contribution in [3.63, 3.8) is 0 Å². The number of rotatable bonds is 1. The minimum Gasteiger partial charge on any atom is -0.321 e. The zero-order chi connectivity index (χ0) is 14.1. The molecule has 0 aromatic heterocycles. The van der Waals surface area contributed by atoms with Crippen LogP contribution < -0.4 is 11.1 Å². The first-order chi connectivity index (χ1) is 9.66. The Morgan fingerprint density at radius 3 is 2.60 bits per heavy atom. The van der Waals surface area contributed by atoms with Crippen molar-refractivity contribution in [2.45, 2.75) is 6.17 Å². The first kappa shape index (κ1) is 12.8. The van der Waals surface area contributed by atoms with Gasteiger partial charge in [-0.15, -0.1) is 0 Å². The van der Waals surface area contributed by atoms with E-state index in [0.29, 0.717) is 16.4 Å². The average molecular weight is 286 g/mol. The smallest absolute Gasteiger partial charge is 0.263 e. The van der Waals surface area contributed by atoms with Crippen LogP contribution in [-0.4, -0.2) is 17.8 Å². The van der Waals surface area contributed by atoms with Gasteiger partial charge in [0, 0.05) is 11.1 Å². The Bertz CT molecular complexity index is 698. The van der Waals surface area contributed by atoms with Gasteiger partial charge in [-0.05, 0) is 6.07 Å². The van der Waals surface area contributed by atoms with Gasteiger partial charge in [0.2, 0.25) is 0 Å². The number of anilines is 1. The van der Waals surface area contributed by atoms with Crippen molar-refractivity contribution in [1.29, 1.82) is 0 Å². The number of nitrogens with two attached hydrogens (primary N) is 1. The van der Waals surface area contributed by atoms with Gasteiger partial charge in [-0.1, -0.05) is 54.1 Å². The van der Waals surface area contributed by atoms with Crippen LogP contribution in [0.5, 0.6) is 0 Å².